The zero-order valence-corrected chi connectivity index (χ0v) is 26.5. The van der Waals surface area contributed by atoms with E-state index in [2.05, 4.69) is 51.8 Å². The molecule has 240 valence electrons. The maximum Gasteiger partial charge on any atom is 0.338 e. The molecule has 0 bridgehead atoms. The van der Waals surface area contributed by atoms with E-state index >= 15 is 0 Å². The predicted molar refractivity (Wildman–Crippen MR) is 165 cm³/mol. The molecule has 43 heavy (non-hydrogen) atoms. The van der Waals surface area contributed by atoms with Gasteiger partial charge in [0.1, 0.15) is 12.4 Å². The van der Waals surface area contributed by atoms with Gasteiger partial charge in [0.15, 0.2) is 0 Å². The maximum atomic E-state index is 11.0. The number of carbonyl (C=O) groups is 5. The van der Waals surface area contributed by atoms with Crippen molar-refractivity contribution >= 4 is 29.8 Å². The molecule has 1 unspecified atom stereocenters. The maximum absolute atomic E-state index is 11.0. The average molecular weight is 607 g/mol. The van der Waals surface area contributed by atoms with Gasteiger partial charge in [0.2, 0.25) is 0 Å². The molecule has 1 N–H and O–H groups in total. The molecule has 0 saturated heterocycles. The van der Waals surface area contributed by atoms with Crippen molar-refractivity contribution in [3.63, 3.8) is 0 Å². The quantitative estimate of drug-likeness (QED) is 0.177. The van der Waals surface area contributed by atoms with Gasteiger partial charge in [0.25, 0.3) is 0 Å². The Kier molecular flexibility index (Phi) is 30.2. The molecule has 11 heteroatoms. The first-order chi connectivity index (χ1) is 19.9. The molecule has 0 amide bonds. The van der Waals surface area contributed by atoms with Crippen molar-refractivity contribution in [1.82, 2.24) is 0 Å². The highest BCUT2D eigenvalue weighted by molar-refractivity contribution is 5.89. The van der Waals surface area contributed by atoms with Crippen molar-refractivity contribution in [2.45, 2.75) is 47.6 Å². The summed E-state index contributed by atoms with van der Waals surface area (Å²) in [6.07, 6.45) is 0.503. The fraction of sp³-hybridized carbons (Fsp3) is 0.344. The molecule has 0 aliphatic carbocycles. The second-order valence-electron chi connectivity index (χ2n) is 8.21. The minimum absolute atomic E-state index is 0.0334. The van der Waals surface area contributed by atoms with Crippen LogP contribution in [0.4, 0.5) is 0 Å². The molecule has 1 aromatic rings. The normalized spacial score (nSPS) is 9.14. The van der Waals surface area contributed by atoms with Crippen LogP contribution >= 0.6 is 0 Å². The first-order valence-corrected chi connectivity index (χ1v) is 12.6. The van der Waals surface area contributed by atoms with Crippen molar-refractivity contribution in [1.29, 1.82) is 0 Å². The molecular formula is C32H46O11. The number of ether oxygens (including phenoxy) is 5. The molecule has 0 spiro atoms. The fourth-order valence-electron chi connectivity index (χ4n) is 1.51. The summed E-state index contributed by atoms with van der Waals surface area (Å²) in [6, 6.07) is 8.92. The molecule has 0 aromatic heterocycles. The number of aliphatic hydroxyl groups excluding tert-OH is 1. The largest absolute Gasteiger partial charge is 0.466 e. The van der Waals surface area contributed by atoms with Crippen LogP contribution < -0.4 is 4.74 Å². The zero-order valence-electron chi connectivity index (χ0n) is 26.5. The van der Waals surface area contributed by atoms with E-state index in [1.165, 1.54) is 14.2 Å². The summed E-state index contributed by atoms with van der Waals surface area (Å²) in [5.41, 5.74) is 1.63. The number of methoxy groups -OCH3 is 2. The molecule has 1 rings (SSSR count). The lowest BCUT2D eigenvalue weighted by molar-refractivity contribution is -0.141. The monoisotopic (exact) mass is 606 g/mol. The van der Waals surface area contributed by atoms with Crippen LogP contribution in [0.5, 0.6) is 5.75 Å². The number of aliphatic hydroxyl groups is 1. The van der Waals surface area contributed by atoms with E-state index in [-0.39, 0.29) is 24.5 Å². The highest BCUT2D eigenvalue weighted by Crippen LogP contribution is 2.09. The summed E-state index contributed by atoms with van der Waals surface area (Å²) in [5.74, 6) is -1.35. The molecule has 1 aromatic carbocycles. The highest BCUT2D eigenvalue weighted by atomic mass is 16.5. The molecule has 1 atom stereocenters. The molecule has 0 heterocycles. The number of benzene rings is 1. The van der Waals surface area contributed by atoms with Crippen molar-refractivity contribution in [3.05, 3.63) is 91.6 Å². The fourth-order valence-corrected chi connectivity index (χ4v) is 1.51. The Morgan fingerprint density at radius 3 is 1.40 bits per heavy atom. The van der Waals surface area contributed by atoms with Crippen molar-refractivity contribution in [3.8, 4) is 5.75 Å². The molecule has 0 radical (unpaired) electrons. The lowest BCUT2D eigenvalue weighted by Gasteiger charge is -2.04. The number of hydrogen-bond acceptors (Lipinski definition) is 11. The van der Waals surface area contributed by atoms with E-state index in [0.29, 0.717) is 34.6 Å². The number of carbonyl (C=O) groups excluding carboxylic acids is 5. The van der Waals surface area contributed by atoms with Gasteiger partial charge in [-0.25, -0.2) is 24.0 Å². The van der Waals surface area contributed by atoms with E-state index in [9.17, 15) is 24.0 Å². The predicted octanol–water partition coefficient (Wildman–Crippen LogP) is 4.86. The van der Waals surface area contributed by atoms with Gasteiger partial charge in [0.05, 0.1) is 26.9 Å². The van der Waals surface area contributed by atoms with Gasteiger partial charge in [-0.1, -0.05) is 51.1 Å². The van der Waals surface area contributed by atoms with E-state index in [4.69, 9.17) is 9.84 Å². The molecule has 0 aliphatic rings. The van der Waals surface area contributed by atoms with Gasteiger partial charge >= 0.3 is 29.8 Å². The Bertz CT molecular complexity index is 1070. The van der Waals surface area contributed by atoms with Crippen molar-refractivity contribution in [2.24, 2.45) is 0 Å². The third-order valence-electron chi connectivity index (χ3n) is 3.63. The van der Waals surface area contributed by atoms with Gasteiger partial charge in [0, 0.05) is 28.4 Å². The van der Waals surface area contributed by atoms with E-state index < -0.39 is 18.0 Å². The zero-order chi connectivity index (χ0) is 34.5. The second kappa shape index (κ2) is 28.7. The van der Waals surface area contributed by atoms with Crippen molar-refractivity contribution in [2.75, 3.05) is 27.4 Å². The Balaban J connectivity index is -0.000000227. The number of rotatable bonds is 9. The van der Waals surface area contributed by atoms with Crippen LogP contribution in [-0.4, -0.2) is 68.5 Å². The Morgan fingerprint density at radius 1 is 0.744 bits per heavy atom. The third-order valence-corrected chi connectivity index (χ3v) is 3.63. The van der Waals surface area contributed by atoms with Crippen LogP contribution in [0.3, 0.4) is 0 Å². The van der Waals surface area contributed by atoms with Gasteiger partial charge in [-0.05, 0) is 53.7 Å². The molecule has 0 fully saturated rings. The van der Waals surface area contributed by atoms with Gasteiger partial charge in [-0.3, -0.25) is 0 Å². The van der Waals surface area contributed by atoms with Crippen LogP contribution in [0, 0.1) is 0 Å². The topological polar surface area (TPSA) is 152 Å². The van der Waals surface area contributed by atoms with Crippen LogP contribution in [0.1, 0.15) is 41.5 Å². The van der Waals surface area contributed by atoms with Crippen molar-refractivity contribution < 1.29 is 52.8 Å². The summed E-state index contributed by atoms with van der Waals surface area (Å²) in [7, 11) is 2.64. The molecule has 0 saturated carbocycles. The minimum atomic E-state index is -0.608. The summed E-state index contributed by atoms with van der Waals surface area (Å²) < 4.78 is 22.5. The first kappa shape index (κ1) is 45.2. The lowest BCUT2D eigenvalue weighted by atomic mass is 10.3. The van der Waals surface area contributed by atoms with Gasteiger partial charge in [-0.2, -0.15) is 0 Å². The SMILES string of the molecule is C=C(C)C(=O)OC.C=C(C)C(=O)OCC.C=C(C)C(=O)OCC(C)O.C=C(C)C(=O)Oc1ccccc1.C=CC(=O)OC. The standard InChI is InChI=1S/C10H10O2.C7H12O3.C6H10O2.C5H8O2.C4H6O2/c1-8(2)10(11)12-9-6-4-3-5-7-9;1-5(2)7(9)10-4-6(3)8;1-4-8-6(7)5(2)3;1-4(2)5(6)7-3;1-3-4(5)6-2/h3-7H,1H2,2H3;6,8H,1,4H2,2-3H3;2,4H2,1,3H3;1H2,2-3H3;3H,1H2,2H3. The Hall–Kier alpha value is -4.77. The Morgan fingerprint density at radius 2 is 1.16 bits per heavy atom. The van der Waals surface area contributed by atoms with Gasteiger partial charge < -0.3 is 28.8 Å². The van der Waals surface area contributed by atoms with Crippen LogP contribution in [0.25, 0.3) is 0 Å². The lowest BCUT2D eigenvalue weighted by Crippen LogP contribution is -2.15. The van der Waals surface area contributed by atoms with Crippen LogP contribution in [0.15, 0.2) is 91.6 Å². The number of para-hydroxylation sites is 1. The van der Waals surface area contributed by atoms with E-state index in [1.54, 1.807) is 65.8 Å². The van der Waals surface area contributed by atoms with Gasteiger partial charge in [-0.15, -0.1) is 0 Å². The summed E-state index contributed by atoms with van der Waals surface area (Å²) >= 11 is 0. The highest BCUT2D eigenvalue weighted by Gasteiger charge is 2.04. The molecular weight excluding hydrogens is 560 g/mol. The van der Waals surface area contributed by atoms with Crippen LogP contribution in [-0.2, 0) is 42.9 Å². The molecule has 11 nitrogen and oxygen atoms in total. The third kappa shape index (κ3) is 33.3. The smallest absolute Gasteiger partial charge is 0.338 e. The van der Waals surface area contributed by atoms with E-state index in [0.717, 1.165) is 6.08 Å². The molecule has 0 aliphatic heterocycles. The second-order valence-corrected chi connectivity index (χ2v) is 8.21. The number of esters is 5. The van der Waals surface area contributed by atoms with E-state index in [1.807, 2.05) is 6.07 Å². The number of hydrogen-bond donors (Lipinski definition) is 1. The average Bonchev–Trinajstić information content (AvgIpc) is 2.96. The Labute approximate surface area is 255 Å². The summed E-state index contributed by atoms with van der Waals surface area (Å²) in [5, 5.41) is 8.68. The summed E-state index contributed by atoms with van der Waals surface area (Å²) in [6.45, 7) is 26.9. The minimum Gasteiger partial charge on any atom is -0.466 e. The first-order valence-electron chi connectivity index (χ1n) is 12.6. The van der Waals surface area contributed by atoms with Crippen LogP contribution in [0.2, 0.25) is 0 Å². The summed E-state index contributed by atoms with van der Waals surface area (Å²) in [4.78, 5) is 52.1.